The topological polar surface area (TPSA) is 80.3 Å². The number of hydrogen-bond donors (Lipinski definition) is 2. The zero-order chi connectivity index (χ0) is 21.3. The minimum absolute atomic E-state index is 0.00902. The highest BCUT2D eigenvalue weighted by molar-refractivity contribution is 8.00. The number of anilines is 2. The highest BCUT2D eigenvalue weighted by atomic mass is 32.2. The van der Waals surface area contributed by atoms with Gasteiger partial charge in [-0.3, -0.25) is 9.59 Å². The number of carbonyl (C=O) groups excluding carboxylic acids is 2. The van der Waals surface area contributed by atoms with Gasteiger partial charge in [0.15, 0.2) is 5.13 Å². The van der Waals surface area contributed by atoms with Gasteiger partial charge in [-0.15, -0.1) is 23.1 Å². The van der Waals surface area contributed by atoms with Crippen molar-refractivity contribution < 1.29 is 14.3 Å². The first-order valence-corrected chi connectivity index (χ1v) is 11.4. The predicted molar refractivity (Wildman–Crippen MR) is 123 cm³/mol. The highest BCUT2D eigenvalue weighted by Gasteiger charge is 2.09. The molecule has 0 radical (unpaired) electrons. The van der Waals surface area contributed by atoms with Gasteiger partial charge in [-0.25, -0.2) is 4.98 Å². The van der Waals surface area contributed by atoms with Crippen LogP contribution in [0.25, 0.3) is 11.3 Å². The van der Waals surface area contributed by atoms with Crippen molar-refractivity contribution in [3.63, 3.8) is 0 Å². The van der Waals surface area contributed by atoms with Crippen molar-refractivity contribution >= 4 is 45.7 Å². The number of thiazole rings is 1. The number of aromatic nitrogens is 1. The van der Waals surface area contributed by atoms with Crippen LogP contribution in [0.1, 0.15) is 19.8 Å². The van der Waals surface area contributed by atoms with Crippen LogP contribution in [0.15, 0.2) is 58.8 Å². The molecule has 6 nitrogen and oxygen atoms in total. The van der Waals surface area contributed by atoms with Crippen molar-refractivity contribution in [2.24, 2.45) is 0 Å². The molecule has 2 N–H and O–H groups in total. The molecule has 0 aliphatic rings. The van der Waals surface area contributed by atoms with Crippen molar-refractivity contribution in [3.8, 4) is 17.0 Å². The van der Waals surface area contributed by atoms with Crippen LogP contribution in [0.5, 0.6) is 5.75 Å². The Kier molecular flexibility index (Phi) is 7.87. The van der Waals surface area contributed by atoms with Crippen molar-refractivity contribution in [2.45, 2.75) is 24.7 Å². The lowest BCUT2D eigenvalue weighted by Gasteiger charge is -2.06. The molecule has 3 rings (SSSR count). The number of ether oxygens (including phenoxy) is 1. The van der Waals surface area contributed by atoms with Gasteiger partial charge in [0.2, 0.25) is 11.8 Å². The molecule has 8 heteroatoms. The molecule has 1 aromatic heterocycles. The number of benzene rings is 2. The van der Waals surface area contributed by atoms with E-state index >= 15 is 0 Å². The molecule has 30 heavy (non-hydrogen) atoms. The fourth-order valence-corrected chi connectivity index (χ4v) is 4.05. The summed E-state index contributed by atoms with van der Waals surface area (Å²) in [5.74, 6) is 0.959. The van der Waals surface area contributed by atoms with Gasteiger partial charge < -0.3 is 15.4 Å². The van der Waals surface area contributed by atoms with Crippen LogP contribution in [-0.4, -0.2) is 29.7 Å². The number of nitrogens with one attached hydrogen (secondary N) is 2. The van der Waals surface area contributed by atoms with Crippen LogP contribution in [0.4, 0.5) is 10.8 Å². The fraction of sp³-hybridized carbons (Fsp3) is 0.227. The molecule has 0 atom stereocenters. The summed E-state index contributed by atoms with van der Waals surface area (Å²) in [7, 11) is 1.63. The fourth-order valence-electron chi connectivity index (χ4n) is 2.61. The first-order valence-electron chi connectivity index (χ1n) is 9.50. The van der Waals surface area contributed by atoms with E-state index in [2.05, 4.69) is 15.6 Å². The van der Waals surface area contributed by atoms with Gasteiger partial charge in [-0.1, -0.05) is 6.92 Å². The van der Waals surface area contributed by atoms with Crippen LogP contribution >= 0.6 is 23.1 Å². The lowest BCUT2D eigenvalue weighted by molar-refractivity contribution is -0.116. The molecule has 0 bridgehead atoms. The summed E-state index contributed by atoms with van der Waals surface area (Å²) in [5.41, 5.74) is 2.54. The van der Waals surface area contributed by atoms with E-state index in [1.165, 1.54) is 23.1 Å². The molecular formula is C22H23N3O3S2. The number of thioether (sulfide) groups is 1. The van der Waals surface area contributed by atoms with Crippen LogP contribution in [0.2, 0.25) is 0 Å². The van der Waals surface area contributed by atoms with Gasteiger partial charge in [0.25, 0.3) is 0 Å². The van der Waals surface area contributed by atoms with Crippen LogP contribution < -0.4 is 15.4 Å². The Balaban J connectivity index is 1.49. The molecular weight excluding hydrogens is 418 g/mol. The van der Waals surface area contributed by atoms with Gasteiger partial charge >= 0.3 is 0 Å². The van der Waals surface area contributed by atoms with E-state index in [1.807, 2.05) is 60.8 Å². The molecule has 1 heterocycles. The third-order valence-electron chi connectivity index (χ3n) is 4.12. The molecule has 0 unspecified atom stereocenters. The maximum Gasteiger partial charge on any atom is 0.236 e. The van der Waals surface area contributed by atoms with E-state index in [-0.39, 0.29) is 17.6 Å². The van der Waals surface area contributed by atoms with Gasteiger partial charge in [-0.05, 0) is 55.0 Å². The van der Waals surface area contributed by atoms with Crippen LogP contribution in [0, 0.1) is 0 Å². The van der Waals surface area contributed by atoms with E-state index in [1.54, 1.807) is 7.11 Å². The normalized spacial score (nSPS) is 10.5. The van der Waals surface area contributed by atoms with Crippen molar-refractivity contribution in [1.29, 1.82) is 0 Å². The molecule has 2 aromatic carbocycles. The number of hydrogen-bond acceptors (Lipinski definition) is 6. The van der Waals surface area contributed by atoms with Gasteiger partial charge in [-0.2, -0.15) is 0 Å². The Bertz CT molecular complexity index is 986. The van der Waals surface area contributed by atoms with E-state index in [4.69, 9.17) is 4.74 Å². The second-order valence-electron chi connectivity index (χ2n) is 6.43. The number of methoxy groups -OCH3 is 1. The molecule has 2 amide bonds. The zero-order valence-electron chi connectivity index (χ0n) is 16.8. The third kappa shape index (κ3) is 6.33. The highest BCUT2D eigenvalue weighted by Crippen LogP contribution is 2.27. The van der Waals surface area contributed by atoms with Crippen LogP contribution in [0.3, 0.4) is 0 Å². The summed E-state index contributed by atoms with van der Waals surface area (Å²) >= 11 is 2.82. The molecule has 0 spiro atoms. The van der Waals surface area contributed by atoms with E-state index in [9.17, 15) is 9.59 Å². The molecule has 0 aliphatic heterocycles. The Hall–Kier alpha value is -2.84. The SMILES string of the molecule is CCCC(=O)Nc1ccc(SCC(=O)Nc2nc(-c3ccc(OC)cc3)cs2)cc1. The van der Waals surface area contributed by atoms with E-state index in [0.717, 1.165) is 34.0 Å². The standard InChI is InChI=1S/C22H23N3O3S2/c1-3-4-20(26)23-16-7-11-18(12-8-16)29-14-21(27)25-22-24-19(13-30-22)15-5-9-17(28-2)10-6-15/h5-13H,3-4,14H2,1-2H3,(H,23,26)(H,24,25,27). The van der Waals surface area contributed by atoms with Gasteiger partial charge in [0.05, 0.1) is 18.6 Å². The summed E-state index contributed by atoms with van der Waals surface area (Å²) in [5, 5.41) is 8.17. The molecule has 0 saturated heterocycles. The first kappa shape index (κ1) is 21.9. The maximum atomic E-state index is 12.3. The lowest BCUT2D eigenvalue weighted by atomic mass is 10.2. The summed E-state index contributed by atoms with van der Waals surface area (Å²) in [4.78, 5) is 29.3. The Morgan fingerprint density at radius 1 is 1.03 bits per heavy atom. The Labute approximate surface area is 184 Å². The molecule has 0 saturated carbocycles. The zero-order valence-corrected chi connectivity index (χ0v) is 18.4. The van der Waals surface area contributed by atoms with Gasteiger partial charge in [0.1, 0.15) is 5.75 Å². The molecule has 3 aromatic rings. The minimum Gasteiger partial charge on any atom is -0.497 e. The van der Waals surface area contributed by atoms with Crippen molar-refractivity contribution in [3.05, 3.63) is 53.9 Å². The summed E-state index contributed by atoms with van der Waals surface area (Å²) in [6.45, 7) is 1.97. The van der Waals surface area contributed by atoms with Crippen molar-refractivity contribution in [2.75, 3.05) is 23.5 Å². The smallest absolute Gasteiger partial charge is 0.236 e. The minimum atomic E-state index is -0.115. The molecule has 0 aliphatic carbocycles. The second-order valence-corrected chi connectivity index (χ2v) is 8.33. The van der Waals surface area contributed by atoms with Crippen LogP contribution in [-0.2, 0) is 9.59 Å². The number of rotatable bonds is 9. The quantitative estimate of drug-likeness (QED) is 0.441. The number of nitrogens with zero attached hydrogens (tertiary/aromatic N) is 1. The predicted octanol–water partition coefficient (Wildman–Crippen LogP) is 5.29. The average Bonchev–Trinajstić information content (AvgIpc) is 3.22. The van der Waals surface area contributed by atoms with E-state index in [0.29, 0.717) is 11.6 Å². The summed E-state index contributed by atoms with van der Waals surface area (Å²) in [6, 6.07) is 15.1. The monoisotopic (exact) mass is 441 g/mol. The molecule has 156 valence electrons. The first-order chi connectivity index (χ1) is 14.6. The largest absolute Gasteiger partial charge is 0.497 e. The second kappa shape index (κ2) is 10.8. The number of carbonyl (C=O) groups is 2. The number of amides is 2. The lowest BCUT2D eigenvalue weighted by Crippen LogP contribution is -2.13. The summed E-state index contributed by atoms with van der Waals surface area (Å²) < 4.78 is 5.16. The molecule has 0 fully saturated rings. The Morgan fingerprint density at radius 2 is 1.77 bits per heavy atom. The Morgan fingerprint density at radius 3 is 2.43 bits per heavy atom. The third-order valence-corrected chi connectivity index (χ3v) is 5.89. The van der Waals surface area contributed by atoms with Crippen molar-refractivity contribution in [1.82, 2.24) is 4.98 Å². The van der Waals surface area contributed by atoms with Gasteiger partial charge in [0, 0.05) is 27.9 Å². The van der Waals surface area contributed by atoms with E-state index < -0.39 is 0 Å². The maximum absolute atomic E-state index is 12.3. The summed E-state index contributed by atoms with van der Waals surface area (Å²) in [6.07, 6.45) is 1.32. The average molecular weight is 442 g/mol.